The van der Waals surface area contributed by atoms with E-state index in [1.807, 2.05) is 25.1 Å². The van der Waals surface area contributed by atoms with Crippen LogP contribution >= 0.6 is 11.6 Å². The van der Waals surface area contributed by atoms with Crippen LogP contribution < -0.4 is 16.0 Å². The van der Waals surface area contributed by atoms with Gasteiger partial charge in [-0.15, -0.1) is 0 Å². The highest BCUT2D eigenvalue weighted by Gasteiger charge is 2.32. The topological polar surface area (TPSA) is 78.5 Å². The molecular formula is C21H25ClN6O. The minimum absolute atomic E-state index is 0.241. The minimum Gasteiger partial charge on any atom is -0.378 e. The summed E-state index contributed by atoms with van der Waals surface area (Å²) in [6, 6.07) is 14.2. The van der Waals surface area contributed by atoms with Gasteiger partial charge in [0.05, 0.1) is 13.2 Å². The molecule has 29 heavy (non-hydrogen) atoms. The number of hydrogen-bond donors (Lipinski definition) is 2. The first-order valence-corrected chi connectivity index (χ1v) is 10.0. The Hall–Kier alpha value is -2.77. The summed E-state index contributed by atoms with van der Waals surface area (Å²) in [7, 11) is 0. The van der Waals surface area contributed by atoms with Crippen LogP contribution in [0.15, 0.2) is 52.4 Å². The molecule has 2 heterocycles. The Bertz CT molecular complexity index is 937. The van der Waals surface area contributed by atoms with Gasteiger partial charge in [0.2, 0.25) is 18.2 Å². The number of nitrogens with zero attached hydrogens (tertiary/aromatic N) is 4. The average Bonchev–Trinajstić information content (AvgIpc) is 2.72. The molecule has 0 aliphatic carbocycles. The SMILES string of the molecule is Cc1ccc(N2C(N3CCOCC3)=NC(N)=NC2Nc2ccc(C)c(Cl)c2)cc1. The third kappa shape index (κ3) is 4.31. The number of aryl methyl sites for hydroxylation is 2. The van der Waals surface area contributed by atoms with E-state index >= 15 is 0 Å². The van der Waals surface area contributed by atoms with Gasteiger partial charge < -0.3 is 20.7 Å². The molecule has 2 aliphatic rings. The molecule has 2 aromatic carbocycles. The van der Waals surface area contributed by atoms with Gasteiger partial charge in [0.1, 0.15) is 0 Å². The molecule has 0 spiro atoms. The molecule has 0 bridgehead atoms. The van der Waals surface area contributed by atoms with Gasteiger partial charge in [0.25, 0.3) is 0 Å². The third-order valence-electron chi connectivity index (χ3n) is 5.00. The fraction of sp³-hybridized carbons (Fsp3) is 0.333. The maximum Gasteiger partial charge on any atom is 0.222 e. The van der Waals surface area contributed by atoms with Crippen molar-refractivity contribution in [3.05, 3.63) is 58.6 Å². The predicted molar refractivity (Wildman–Crippen MR) is 119 cm³/mol. The summed E-state index contributed by atoms with van der Waals surface area (Å²) >= 11 is 6.32. The lowest BCUT2D eigenvalue weighted by molar-refractivity contribution is 0.0671. The van der Waals surface area contributed by atoms with Gasteiger partial charge in [-0.2, -0.15) is 4.99 Å². The maximum absolute atomic E-state index is 6.32. The smallest absolute Gasteiger partial charge is 0.222 e. The number of ether oxygens (including phenoxy) is 1. The second kappa shape index (κ2) is 8.31. The zero-order valence-electron chi connectivity index (χ0n) is 16.6. The van der Waals surface area contributed by atoms with E-state index in [0.29, 0.717) is 18.2 Å². The fourth-order valence-electron chi connectivity index (χ4n) is 3.35. The normalized spacial score (nSPS) is 19.6. The number of guanidine groups is 2. The number of hydrogen-bond acceptors (Lipinski definition) is 7. The third-order valence-corrected chi connectivity index (χ3v) is 5.41. The molecule has 1 fully saturated rings. The van der Waals surface area contributed by atoms with Gasteiger partial charge in [0, 0.05) is 29.5 Å². The van der Waals surface area contributed by atoms with Crippen LogP contribution in [0.3, 0.4) is 0 Å². The van der Waals surface area contributed by atoms with E-state index in [4.69, 9.17) is 22.1 Å². The van der Waals surface area contributed by atoms with E-state index in [9.17, 15) is 0 Å². The van der Waals surface area contributed by atoms with Gasteiger partial charge in [-0.3, -0.25) is 4.90 Å². The number of anilines is 2. The first-order valence-electron chi connectivity index (χ1n) is 9.64. The van der Waals surface area contributed by atoms with Crippen LogP contribution in [0.2, 0.25) is 5.02 Å². The van der Waals surface area contributed by atoms with E-state index in [1.165, 1.54) is 5.56 Å². The molecular weight excluding hydrogens is 388 g/mol. The summed E-state index contributed by atoms with van der Waals surface area (Å²) in [5.74, 6) is 1.01. The number of nitrogens with two attached hydrogens (primary N) is 1. The van der Waals surface area contributed by atoms with E-state index in [1.54, 1.807) is 0 Å². The molecule has 8 heteroatoms. The van der Waals surface area contributed by atoms with Crippen molar-refractivity contribution in [3.63, 3.8) is 0 Å². The summed E-state index contributed by atoms with van der Waals surface area (Å²) < 4.78 is 5.51. The predicted octanol–water partition coefficient (Wildman–Crippen LogP) is 3.18. The van der Waals surface area contributed by atoms with Gasteiger partial charge in [-0.1, -0.05) is 35.4 Å². The Balaban J connectivity index is 1.71. The lowest BCUT2D eigenvalue weighted by Crippen LogP contribution is -2.57. The number of halogens is 1. The Kier molecular flexibility index (Phi) is 5.60. The molecule has 2 aromatic rings. The lowest BCUT2D eigenvalue weighted by atomic mass is 10.2. The molecule has 0 saturated carbocycles. The van der Waals surface area contributed by atoms with Crippen LogP contribution in [0, 0.1) is 13.8 Å². The highest BCUT2D eigenvalue weighted by Crippen LogP contribution is 2.26. The Morgan fingerprint density at radius 1 is 1.10 bits per heavy atom. The summed E-state index contributed by atoms with van der Waals surface area (Å²) in [4.78, 5) is 13.4. The van der Waals surface area contributed by atoms with E-state index in [0.717, 1.165) is 36.0 Å². The Morgan fingerprint density at radius 3 is 2.52 bits per heavy atom. The second-order valence-electron chi connectivity index (χ2n) is 7.19. The lowest BCUT2D eigenvalue weighted by Gasteiger charge is -2.41. The largest absolute Gasteiger partial charge is 0.378 e. The van der Waals surface area contributed by atoms with Crippen LogP contribution in [0.1, 0.15) is 11.1 Å². The molecule has 0 aromatic heterocycles. The molecule has 1 atom stereocenters. The molecule has 152 valence electrons. The summed E-state index contributed by atoms with van der Waals surface area (Å²) in [6.45, 7) is 6.85. The standard InChI is InChI=1S/C21H25ClN6O/c1-14-3-7-17(8-4-14)28-20(24-16-6-5-15(2)18(22)13-16)25-19(23)26-21(28)27-9-11-29-12-10-27/h3-8,13,20,24H,9-12H2,1-2H3,(H2,23,25). The zero-order valence-corrected chi connectivity index (χ0v) is 17.4. The van der Waals surface area contributed by atoms with Crippen molar-refractivity contribution in [1.29, 1.82) is 0 Å². The van der Waals surface area contributed by atoms with Crippen LogP contribution in [0.5, 0.6) is 0 Å². The minimum atomic E-state index is -0.452. The number of rotatable bonds is 3. The van der Waals surface area contributed by atoms with Crippen molar-refractivity contribution in [1.82, 2.24) is 4.90 Å². The van der Waals surface area contributed by atoms with Crippen molar-refractivity contribution < 1.29 is 4.74 Å². The van der Waals surface area contributed by atoms with E-state index in [2.05, 4.69) is 56.3 Å². The van der Waals surface area contributed by atoms with Gasteiger partial charge in [-0.05, 0) is 43.7 Å². The van der Waals surface area contributed by atoms with Crippen molar-refractivity contribution in [3.8, 4) is 0 Å². The monoisotopic (exact) mass is 412 g/mol. The molecule has 0 amide bonds. The van der Waals surface area contributed by atoms with Crippen LogP contribution in [-0.4, -0.2) is 49.4 Å². The van der Waals surface area contributed by atoms with Crippen molar-refractivity contribution in [2.45, 2.75) is 20.1 Å². The number of morpholine rings is 1. The van der Waals surface area contributed by atoms with Gasteiger partial charge in [0.15, 0.2) is 0 Å². The Morgan fingerprint density at radius 2 is 1.83 bits per heavy atom. The fourth-order valence-corrected chi connectivity index (χ4v) is 3.54. The molecule has 2 aliphatic heterocycles. The summed E-state index contributed by atoms with van der Waals surface area (Å²) in [5.41, 5.74) is 10.2. The number of benzene rings is 2. The molecule has 3 N–H and O–H groups in total. The van der Waals surface area contributed by atoms with Crippen LogP contribution in [-0.2, 0) is 4.74 Å². The molecule has 7 nitrogen and oxygen atoms in total. The summed E-state index contributed by atoms with van der Waals surface area (Å²) in [6.07, 6.45) is -0.452. The first kappa shape index (κ1) is 19.5. The number of aliphatic imine (C=N–C) groups is 2. The zero-order chi connectivity index (χ0) is 20.4. The molecule has 0 radical (unpaired) electrons. The van der Waals surface area contributed by atoms with E-state index < -0.39 is 6.29 Å². The van der Waals surface area contributed by atoms with Gasteiger partial charge in [-0.25, -0.2) is 4.99 Å². The summed E-state index contributed by atoms with van der Waals surface area (Å²) in [5, 5.41) is 4.15. The number of nitrogens with one attached hydrogen (secondary N) is 1. The van der Waals surface area contributed by atoms with E-state index in [-0.39, 0.29) is 5.96 Å². The molecule has 1 unspecified atom stereocenters. The van der Waals surface area contributed by atoms with Crippen LogP contribution in [0.4, 0.5) is 11.4 Å². The molecule has 1 saturated heterocycles. The van der Waals surface area contributed by atoms with Crippen molar-refractivity contribution >= 4 is 34.9 Å². The first-order chi connectivity index (χ1) is 14.0. The average molecular weight is 413 g/mol. The highest BCUT2D eigenvalue weighted by atomic mass is 35.5. The Labute approximate surface area is 175 Å². The highest BCUT2D eigenvalue weighted by molar-refractivity contribution is 6.31. The second-order valence-corrected chi connectivity index (χ2v) is 7.59. The van der Waals surface area contributed by atoms with Crippen LogP contribution in [0.25, 0.3) is 0 Å². The van der Waals surface area contributed by atoms with Crippen molar-refractivity contribution in [2.75, 3.05) is 36.5 Å². The quantitative estimate of drug-likeness (QED) is 0.809. The molecule has 4 rings (SSSR count). The van der Waals surface area contributed by atoms with Crippen molar-refractivity contribution in [2.24, 2.45) is 15.7 Å². The van der Waals surface area contributed by atoms with Gasteiger partial charge >= 0.3 is 0 Å². The maximum atomic E-state index is 6.32.